The predicted molar refractivity (Wildman–Crippen MR) is 380 cm³/mol. The van der Waals surface area contributed by atoms with Gasteiger partial charge in [0.2, 0.25) is 17.7 Å². The SMILES string of the molecule is CC(C(N)=O)C(C)(C)S.CP(=O)(O)OCCCCCCN.O=C(CCSSc1ccccn1)ON1C(=O)CCC1=O.[3H]P(=O)(O)OCCCCCCCCCC(=O)CCSSc1ccccn1.[3H]P(=O)(O)OCCCCCCNC(=O)CCSS(C)(C)CC(C)C(N)=O. The standard InChI is InChI=1S/C17H28NO4PS2.C15H33N2O5PS2.C12H12N2O4S2.C7H18NO3P.C6H13NOS/c19-16(12-15-24-25-17-11-7-8-13-18-17)10-6-4-2-1-3-5-9-14-22-23(20)21;1-13(15(16)19)12-25(2,3)24-11-8-14(18)17-9-6-4-5-7-10-22-23(20)21;15-10-4-5-11(16)14(10)18-12(17)6-8-19-20-9-3-1-2-7-13-9;1-12(9,10)11-7-5-3-2-4-6-8;1-4(5(7)8)6(2,3)9/h7-8,11,13,23H,1-6,9-10,12,14-15H2,(H,20,21);13,23H,4-12H2,1-3H3,(H2,16,19)(H,17,18)(H,20,21);1-3,7H,4-6,8H2;2-8H2,1H3,(H,9,10);4,9H,1-3H3,(H2,7,8)/i2*23T;;;. The third-order valence-electron chi connectivity index (χ3n) is 12.3. The lowest BCUT2D eigenvalue weighted by atomic mass is 9.97. The minimum atomic E-state index is -4.11. The summed E-state index contributed by atoms with van der Waals surface area (Å²) in [5.74, 6) is 0.788. The molecule has 2 aromatic rings. The van der Waals surface area contributed by atoms with Crippen molar-refractivity contribution in [1.29, 1.82) is 2.56 Å². The first kappa shape index (κ1) is 86.9. The maximum atomic E-state index is 11.8. The molecule has 5 atom stereocenters. The maximum Gasteiger partial charge on any atom is 0.334 e. The molecule has 1 saturated heterocycles. The van der Waals surface area contributed by atoms with Gasteiger partial charge in [-0.1, -0.05) is 119 Å². The van der Waals surface area contributed by atoms with Gasteiger partial charge in [0.1, 0.15) is 15.8 Å². The third kappa shape index (κ3) is 60.0. The van der Waals surface area contributed by atoms with Crippen LogP contribution in [0, 0.1) is 11.8 Å². The van der Waals surface area contributed by atoms with Crippen molar-refractivity contribution >= 4 is 141 Å². The number of amides is 5. The first-order valence-electron chi connectivity index (χ1n) is 30.9. The highest BCUT2D eigenvalue weighted by molar-refractivity contribution is 8.93. The lowest BCUT2D eigenvalue weighted by molar-refractivity contribution is -0.197. The highest BCUT2D eigenvalue weighted by atomic mass is 33.2. The molecule has 10 N–H and O–H groups in total. The van der Waals surface area contributed by atoms with E-state index in [0.29, 0.717) is 68.4 Å². The first-order chi connectivity index (χ1) is 43.5. The molecule has 0 spiro atoms. The zero-order valence-electron chi connectivity index (χ0n) is 55.9. The number of nitrogens with two attached hydrogens (primary N) is 3. The van der Waals surface area contributed by atoms with Crippen LogP contribution < -0.4 is 22.5 Å². The molecule has 0 aliphatic carbocycles. The zero-order chi connectivity index (χ0) is 70.8. The van der Waals surface area contributed by atoms with E-state index in [1.165, 1.54) is 28.3 Å². The lowest BCUT2D eigenvalue weighted by Gasteiger charge is -2.32. The number of rotatable bonds is 46. The predicted octanol–water partition coefficient (Wildman–Crippen LogP) is 11.6. The van der Waals surface area contributed by atoms with Crippen LogP contribution >= 0.6 is 99.7 Å². The number of nitrogens with zero attached hydrogens (tertiary/aromatic N) is 3. The quantitative estimate of drug-likeness (QED) is 0.0100. The van der Waals surface area contributed by atoms with Crippen molar-refractivity contribution in [3.05, 3.63) is 48.8 Å². The Balaban J connectivity index is 0. The molecule has 3 rings (SSSR count). The van der Waals surface area contributed by atoms with Gasteiger partial charge in [-0.2, -0.15) is 21.7 Å². The van der Waals surface area contributed by atoms with Crippen LogP contribution in [0.25, 0.3) is 0 Å². The number of primary amides is 2. The Morgan fingerprint density at radius 3 is 1.65 bits per heavy atom. The van der Waals surface area contributed by atoms with Crippen LogP contribution in [0.15, 0.2) is 58.8 Å². The van der Waals surface area contributed by atoms with Gasteiger partial charge >= 0.3 is 30.0 Å². The van der Waals surface area contributed by atoms with Crippen LogP contribution in [0.3, 0.4) is 0 Å². The van der Waals surface area contributed by atoms with E-state index in [2.05, 4.69) is 54.0 Å². The van der Waals surface area contributed by atoms with Crippen LogP contribution in [-0.4, -0.2) is 153 Å². The summed E-state index contributed by atoms with van der Waals surface area (Å²) in [6.07, 6.45) is 23.8. The molecule has 0 bridgehead atoms. The minimum Gasteiger partial charge on any atom is -0.369 e. The normalized spacial score (nSPS) is 15.2. The number of hydroxylamine groups is 2. The average Bonchev–Trinajstić information content (AvgIpc) is 1.89. The van der Waals surface area contributed by atoms with Gasteiger partial charge in [0.25, 0.3) is 11.8 Å². The van der Waals surface area contributed by atoms with Gasteiger partial charge in [-0.25, -0.2) is 14.8 Å². The fourth-order valence-corrected chi connectivity index (χ4v) is 16.6. The van der Waals surface area contributed by atoms with E-state index in [1.54, 1.807) is 51.7 Å². The van der Waals surface area contributed by atoms with Crippen LogP contribution in [0.4, 0.5) is 0 Å². The molecule has 1 fully saturated rings. The summed E-state index contributed by atoms with van der Waals surface area (Å²) in [5, 5.41) is 5.28. The molecule has 0 radical (unpaired) electrons. The van der Waals surface area contributed by atoms with Crippen molar-refractivity contribution in [3.63, 3.8) is 0 Å². The Morgan fingerprint density at radius 2 is 1.21 bits per heavy atom. The summed E-state index contributed by atoms with van der Waals surface area (Å²) < 4.78 is 58.5. The number of imide groups is 1. The largest absolute Gasteiger partial charge is 0.369 e. The summed E-state index contributed by atoms with van der Waals surface area (Å²) in [7, 11) is -4.46. The van der Waals surface area contributed by atoms with E-state index >= 15 is 0 Å². The van der Waals surface area contributed by atoms with Gasteiger partial charge in [0, 0.05) is 91.5 Å². The summed E-state index contributed by atoms with van der Waals surface area (Å²) in [6, 6.07) is 11.4. The zero-order valence-corrected chi connectivity index (χ0v) is 62.3. The first-order valence-corrected chi connectivity index (χ1v) is 43.5. The van der Waals surface area contributed by atoms with Crippen LogP contribution in [-0.2, 0) is 65.7 Å². The number of unbranched alkanes of at least 4 members (excludes halogenated alkanes) is 12. The number of carbonyl (C=O) groups is 7. The highest BCUT2D eigenvalue weighted by Crippen LogP contribution is 2.54. The molecule has 91 heavy (non-hydrogen) atoms. The van der Waals surface area contributed by atoms with Gasteiger partial charge in [0.05, 0.1) is 26.2 Å². The van der Waals surface area contributed by atoms with Crippen molar-refractivity contribution in [1.82, 2.24) is 20.3 Å². The fourth-order valence-electron chi connectivity index (χ4n) is 6.97. The molecule has 0 saturated carbocycles. The molecule has 2 aromatic heterocycles. The number of hydrogen-bond donors (Lipinski definition) is 8. The van der Waals surface area contributed by atoms with Crippen LogP contribution in [0.1, 0.15) is 163 Å². The third-order valence-corrected chi connectivity index (χ3v) is 23.8. The Morgan fingerprint density at radius 1 is 0.736 bits per heavy atom. The number of Topliss-reactive ketones (excluding diaryl/α,β-unsaturated/α-hetero) is 1. The molecule has 0 aromatic carbocycles. The molecule has 24 nitrogen and oxygen atoms in total. The van der Waals surface area contributed by atoms with E-state index < -0.39 is 50.8 Å². The van der Waals surface area contributed by atoms with Gasteiger partial charge in [0.15, 0.2) is 2.56 Å². The van der Waals surface area contributed by atoms with Crippen LogP contribution in [0.2, 0.25) is 0 Å². The Labute approximate surface area is 570 Å². The highest BCUT2D eigenvalue weighted by Gasteiger charge is 2.33. The summed E-state index contributed by atoms with van der Waals surface area (Å²) >= 11 is 4.19. The maximum absolute atomic E-state index is 11.8. The van der Waals surface area contributed by atoms with E-state index in [-0.39, 0.29) is 66.8 Å². The lowest BCUT2D eigenvalue weighted by Crippen LogP contribution is -2.34. The Hall–Kier alpha value is -2.15. The second kappa shape index (κ2) is 57.0. The summed E-state index contributed by atoms with van der Waals surface area (Å²) in [6.45, 7) is 10.5. The minimum absolute atomic E-state index is 0.0226. The van der Waals surface area contributed by atoms with E-state index in [1.807, 2.05) is 57.2 Å². The molecule has 5 amide bonds. The van der Waals surface area contributed by atoms with Crippen molar-refractivity contribution in [2.45, 2.75) is 177 Å². The van der Waals surface area contributed by atoms with Gasteiger partial charge < -0.3 is 55.6 Å². The number of carbonyl (C=O) groups excluding carboxylic acids is 7. The van der Waals surface area contributed by atoms with Crippen molar-refractivity contribution in [2.75, 3.05) is 75.1 Å². The van der Waals surface area contributed by atoms with E-state index in [4.69, 9.17) is 39.3 Å². The topological polar surface area (TPSA) is 387 Å². The average molecular weight is 1480 g/mol. The van der Waals surface area contributed by atoms with Crippen molar-refractivity contribution < 1.29 is 80.3 Å². The number of aromatic nitrogens is 2. The van der Waals surface area contributed by atoms with E-state index in [0.717, 1.165) is 111 Å². The Kier molecular flexibility index (Phi) is 54.4. The number of hydrogen-bond acceptors (Lipinski definition) is 23. The number of pyridine rings is 2. The molecule has 526 valence electrons. The van der Waals surface area contributed by atoms with Crippen molar-refractivity contribution in [2.24, 2.45) is 29.0 Å². The number of nitrogens with one attached hydrogen (secondary N) is 1. The second-order valence-corrected chi connectivity index (χ2v) is 38.1. The number of ketones is 1. The molecular formula is C57H104N7O17P3S7. The van der Waals surface area contributed by atoms with E-state index in [9.17, 15) is 47.3 Å². The number of thiol groups is 1. The summed E-state index contributed by atoms with van der Waals surface area (Å²) in [5.41, 5.74) is 15.6. The van der Waals surface area contributed by atoms with Crippen molar-refractivity contribution in [3.8, 4) is 0 Å². The van der Waals surface area contributed by atoms with Crippen LogP contribution in [0.5, 0.6) is 0 Å². The fraction of sp³-hybridized carbons (Fsp3) is 0.702. The molecular weight excluding hydrogens is 1370 g/mol. The molecule has 1 aliphatic heterocycles. The van der Waals surface area contributed by atoms with Gasteiger partial charge in [-0.3, -0.25) is 42.5 Å². The monoisotopic (exact) mass is 1480 g/mol. The molecule has 5 unspecified atom stereocenters. The molecule has 3 heterocycles. The second-order valence-electron chi connectivity index (χ2n) is 21.5. The summed E-state index contributed by atoms with van der Waals surface area (Å²) in [4.78, 5) is 118. The van der Waals surface area contributed by atoms with Gasteiger partial charge in [-0.05, 0) is 109 Å². The smallest absolute Gasteiger partial charge is 0.334 e. The molecule has 1 aliphatic rings. The van der Waals surface area contributed by atoms with Gasteiger partial charge in [-0.15, -0.1) is 15.9 Å². The molecule has 34 heteroatoms. The Bertz CT molecular complexity index is 2540.